The number of fused-ring (bicyclic) bond motifs is 4. The summed E-state index contributed by atoms with van der Waals surface area (Å²) < 4.78 is 0. The van der Waals surface area contributed by atoms with Gasteiger partial charge in [-0.15, -0.1) is 0 Å². The van der Waals surface area contributed by atoms with Crippen LogP contribution in [0, 0.1) is 0 Å². The van der Waals surface area contributed by atoms with Crippen LogP contribution in [0.4, 0.5) is 5.69 Å². The number of amides is 1. The molecular formula is C18H19ClN4O. The van der Waals surface area contributed by atoms with Crippen molar-refractivity contribution in [3.8, 4) is 0 Å². The first-order chi connectivity index (χ1) is 11.5. The molecule has 0 saturated heterocycles. The van der Waals surface area contributed by atoms with Crippen LogP contribution in [0.3, 0.4) is 0 Å². The van der Waals surface area contributed by atoms with Gasteiger partial charge in [0.25, 0.3) is 0 Å². The molecule has 6 heteroatoms. The topological polar surface area (TPSA) is 47.6 Å². The number of carbonyl (C=O) groups is 1. The van der Waals surface area contributed by atoms with Gasteiger partial charge in [-0.3, -0.25) is 4.79 Å². The van der Waals surface area contributed by atoms with E-state index in [1.807, 2.05) is 18.2 Å². The first-order valence-corrected chi connectivity index (χ1v) is 8.69. The zero-order valence-electron chi connectivity index (χ0n) is 13.7. The number of anilines is 1. The maximum absolute atomic E-state index is 13.3. The molecule has 4 aliphatic rings. The predicted octanol–water partition coefficient (Wildman–Crippen LogP) is 2.23. The van der Waals surface area contributed by atoms with Crippen molar-refractivity contribution in [3.63, 3.8) is 0 Å². The number of halogens is 1. The summed E-state index contributed by atoms with van der Waals surface area (Å²) in [7, 11) is 4.16. The molecule has 2 N–H and O–H groups in total. The Labute approximate surface area is 145 Å². The molecular weight excluding hydrogens is 324 g/mol. The van der Waals surface area contributed by atoms with E-state index < -0.39 is 5.41 Å². The Bertz CT molecular complexity index is 823. The van der Waals surface area contributed by atoms with Crippen LogP contribution in [0.5, 0.6) is 0 Å². The minimum atomic E-state index is -0.703. The predicted molar refractivity (Wildman–Crippen MR) is 93.4 cm³/mol. The van der Waals surface area contributed by atoms with Crippen molar-refractivity contribution in [1.29, 1.82) is 0 Å². The lowest BCUT2D eigenvalue weighted by Gasteiger charge is -2.37. The molecule has 5 nitrogen and oxygen atoms in total. The number of dihydropyridines is 1. The molecule has 0 saturated carbocycles. The van der Waals surface area contributed by atoms with E-state index in [9.17, 15) is 4.79 Å². The van der Waals surface area contributed by atoms with Crippen molar-refractivity contribution < 1.29 is 4.79 Å². The summed E-state index contributed by atoms with van der Waals surface area (Å²) in [6.07, 6.45) is 1.78. The van der Waals surface area contributed by atoms with Crippen molar-refractivity contribution in [3.05, 3.63) is 51.6 Å². The molecule has 1 amide bonds. The van der Waals surface area contributed by atoms with Crippen LogP contribution in [0.2, 0.25) is 5.02 Å². The zero-order valence-corrected chi connectivity index (χ0v) is 14.5. The maximum Gasteiger partial charge on any atom is 0.243 e. The number of benzene rings is 1. The second kappa shape index (κ2) is 4.48. The highest BCUT2D eigenvalue weighted by Gasteiger charge is 2.58. The molecule has 24 heavy (non-hydrogen) atoms. The van der Waals surface area contributed by atoms with E-state index in [1.165, 1.54) is 11.1 Å². The van der Waals surface area contributed by atoms with E-state index >= 15 is 0 Å². The third kappa shape index (κ3) is 1.49. The third-order valence-electron chi connectivity index (χ3n) is 5.85. The van der Waals surface area contributed by atoms with Crippen molar-refractivity contribution in [2.45, 2.75) is 18.3 Å². The third-order valence-corrected chi connectivity index (χ3v) is 6.08. The monoisotopic (exact) mass is 342 g/mol. The van der Waals surface area contributed by atoms with Gasteiger partial charge in [0.1, 0.15) is 17.1 Å². The van der Waals surface area contributed by atoms with Gasteiger partial charge in [-0.25, -0.2) is 0 Å². The van der Waals surface area contributed by atoms with Crippen LogP contribution < -0.4 is 10.6 Å². The molecule has 1 aromatic carbocycles. The molecule has 0 aliphatic carbocycles. The first kappa shape index (κ1) is 14.2. The Hall–Kier alpha value is -2.14. The largest absolute Gasteiger partial charge is 0.361 e. The summed E-state index contributed by atoms with van der Waals surface area (Å²) in [5, 5.41) is 7.37. The molecule has 4 aliphatic heterocycles. The van der Waals surface area contributed by atoms with Gasteiger partial charge in [-0.1, -0.05) is 11.6 Å². The fourth-order valence-corrected chi connectivity index (χ4v) is 4.89. The van der Waals surface area contributed by atoms with Crippen molar-refractivity contribution in [1.82, 2.24) is 15.1 Å². The lowest BCUT2D eigenvalue weighted by atomic mass is 9.67. The number of carbonyl (C=O) groups excluding carboxylic acids is 1. The fraction of sp³-hybridized carbons (Fsp3) is 0.389. The highest BCUT2D eigenvalue weighted by molar-refractivity contribution is 6.31. The van der Waals surface area contributed by atoms with E-state index in [0.29, 0.717) is 5.02 Å². The standard InChI is InChI=1S/C18H19ClN4O/c1-22-7-5-11-15(22)21-16-12(6-8-23(16)2)18(11)13-9-10(19)3-4-14(13)20-17(18)24/h3-4,9,21H,5-8H2,1-2H3,(H,20,24). The number of nitrogens with zero attached hydrogens (tertiary/aromatic N) is 2. The van der Waals surface area contributed by atoms with Gasteiger partial charge in [-0.05, 0) is 42.2 Å². The van der Waals surface area contributed by atoms with Crippen LogP contribution >= 0.6 is 11.6 Å². The van der Waals surface area contributed by atoms with E-state index in [4.69, 9.17) is 11.6 Å². The van der Waals surface area contributed by atoms with Crippen LogP contribution in [0.1, 0.15) is 18.4 Å². The van der Waals surface area contributed by atoms with E-state index in [2.05, 4.69) is 34.5 Å². The average Bonchev–Trinajstić information content (AvgIpc) is 3.19. The van der Waals surface area contributed by atoms with Crippen molar-refractivity contribution in [2.75, 3.05) is 32.5 Å². The van der Waals surface area contributed by atoms with Gasteiger partial charge >= 0.3 is 0 Å². The Kier molecular flexibility index (Phi) is 2.65. The Morgan fingerprint density at radius 3 is 2.29 bits per heavy atom. The highest BCUT2D eigenvalue weighted by Crippen LogP contribution is 2.56. The summed E-state index contributed by atoms with van der Waals surface area (Å²) in [5.74, 6) is 2.21. The SMILES string of the molecule is CN1CCC2=C1NC1=C(CCN1C)C21C(=O)Nc2ccc(Cl)cc21. The maximum atomic E-state index is 13.3. The minimum Gasteiger partial charge on any atom is -0.361 e. The molecule has 0 unspecified atom stereocenters. The van der Waals surface area contributed by atoms with Gasteiger partial charge in [0.05, 0.1) is 0 Å². The molecule has 124 valence electrons. The van der Waals surface area contributed by atoms with E-state index in [1.54, 1.807) is 0 Å². The number of hydrogen-bond acceptors (Lipinski definition) is 4. The number of rotatable bonds is 0. The normalized spacial score (nSPS) is 23.5. The molecule has 4 heterocycles. The number of nitrogens with one attached hydrogen (secondary N) is 2. The first-order valence-electron chi connectivity index (χ1n) is 8.31. The average molecular weight is 343 g/mol. The molecule has 0 atom stereocenters. The Morgan fingerprint density at radius 2 is 1.67 bits per heavy atom. The quantitative estimate of drug-likeness (QED) is 0.759. The lowest BCUT2D eigenvalue weighted by molar-refractivity contribution is -0.118. The summed E-state index contributed by atoms with van der Waals surface area (Å²) in [6, 6.07) is 5.73. The molecule has 0 fully saturated rings. The molecule has 0 radical (unpaired) electrons. The molecule has 0 aromatic heterocycles. The van der Waals surface area contributed by atoms with Gasteiger partial charge in [0.15, 0.2) is 0 Å². The molecule has 1 aromatic rings. The zero-order chi connectivity index (χ0) is 16.6. The summed E-state index contributed by atoms with van der Waals surface area (Å²) in [6.45, 7) is 1.85. The molecule has 5 rings (SSSR count). The van der Waals surface area contributed by atoms with Gasteiger partial charge in [-0.2, -0.15) is 0 Å². The number of hydrogen-bond donors (Lipinski definition) is 2. The Morgan fingerprint density at radius 1 is 1.04 bits per heavy atom. The Balaban J connectivity index is 1.85. The van der Waals surface area contributed by atoms with Crippen LogP contribution in [-0.4, -0.2) is 42.9 Å². The molecule has 1 spiro atoms. The van der Waals surface area contributed by atoms with E-state index in [-0.39, 0.29) is 5.91 Å². The summed E-state index contributed by atoms with van der Waals surface area (Å²) in [5.41, 5.74) is 3.54. The second-order valence-corrected chi connectivity index (χ2v) is 7.45. The summed E-state index contributed by atoms with van der Waals surface area (Å²) in [4.78, 5) is 17.8. The van der Waals surface area contributed by atoms with Crippen LogP contribution in [0.25, 0.3) is 0 Å². The van der Waals surface area contributed by atoms with Crippen molar-refractivity contribution >= 4 is 23.2 Å². The summed E-state index contributed by atoms with van der Waals surface area (Å²) >= 11 is 6.31. The van der Waals surface area contributed by atoms with Crippen molar-refractivity contribution in [2.24, 2.45) is 0 Å². The second-order valence-electron chi connectivity index (χ2n) is 7.02. The van der Waals surface area contributed by atoms with E-state index in [0.717, 1.165) is 48.8 Å². The molecule has 0 bridgehead atoms. The highest BCUT2D eigenvalue weighted by atomic mass is 35.5. The van der Waals surface area contributed by atoms with Crippen LogP contribution in [-0.2, 0) is 10.2 Å². The minimum absolute atomic E-state index is 0.0619. The van der Waals surface area contributed by atoms with Gasteiger partial charge in [0, 0.05) is 43.5 Å². The van der Waals surface area contributed by atoms with Crippen LogP contribution in [0.15, 0.2) is 41.0 Å². The van der Waals surface area contributed by atoms with Gasteiger partial charge < -0.3 is 20.4 Å². The van der Waals surface area contributed by atoms with Gasteiger partial charge in [0.2, 0.25) is 5.91 Å². The fourth-order valence-electron chi connectivity index (χ4n) is 4.72. The lowest BCUT2D eigenvalue weighted by Crippen LogP contribution is -2.45. The smallest absolute Gasteiger partial charge is 0.243 e.